The Hall–Kier alpha value is -3.35. The molecule has 0 aliphatic rings. The van der Waals surface area contributed by atoms with E-state index in [1.165, 1.54) is 13.2 Å². The van der Waals surface area contributed by atoms with Gasteiger partial charge in [0.1, 0.15) is 6.04 Å². The molecule has 3 amide bonds. The first-order chi connectivity index (χ1) is 12.0. The van der Waals surface area contributed by atoms with Crippen molar-refractivity contribution in [1.82, 2.24) is 5.32 Å². The van der Waals surface area contributed by atoms with E-state index in [-0.39, 0.29) is 12.0 Å². The number of ether oxygens (including phenoxy) is 1. The zero-order valence-electron chi connectivity index (χ0n) is 13.7. The first kappa shape index (κ1) is 18.0. The molecule has 0 aliphatic heterocycles. The number of urea groups is 1. The molecule has 0 bridgehead atoms. The predicted octanol–water partition coefficient (Wildman–Crippen LogP) is 1.69. The lowest BCUT2D eigenvalue weighted by Crippen LogP contribution is -2.47. The van der Waals surface area contributed by atoms with Gasteiger partial charge in [0.25, 0.3) is 0 Å². The van der Waals surface area contributed by atoms with Crippen LogP contribution in [0.15, 0.2) is 54.6 Å². The monoisotopic (exact) mass is 341 g/mol. The molecule has 25 heavy (non-hydrogen) atoms. The van der Waals surface area contributed by atoms with Crippen molar-refractivity contribution in [2.45, 2.75) is 12.5 Å². The maximum atomic E-state index is 12.6. The first-order valence-corrected chi connectivity index (χ1v) is 7.59. The maximum Gasteiger partial charge on any atom is 0.339 e. The molecule has 2 rings (SSSR count). The summed E-state index contributed by atoms with van der Waals surface area (Å²) in [6, 6.07) is 14.0. The van der Waals surface area contributed by atoms with Crippen molar-refractivity contribution < 1.29 is 19.1 Å². The van der Waals surface area contributed by atoms with E-state index in [0.717, 1.165) is 5.56 Å². The number of anilines is 1. The Morgan fingerprint density at radius 2 is 1.68 bits per heavy atom. The minimum Gasteiger partial charge on any atom is -0.465 e. The molecule has 7 heteroatoms. The Bertz CT molecular complexity index is 762. The van der Waals surface area contributed by atoms with Crippen LogP contribution in [-0.4, -0.2) is 31.1 Å². The number of esters is 1. The second kappa shape index (κ2) is 8.49. The van der Waals surface area contributed by atoms with Crippen molar-refractivity contribution in [3.05, 3.63) is 65.7 Å². The molecular formula is C18H19N3O4. The van der Waals surface area contributed by atoms with Crippen LogP contribution in [0.3, 0.4) is 0 Å². The summed E-state index contributed by atoms with van der Waals surface area (Å²) < 4.78 is 4.70. The molecule has 0 aliphatic carbocycles. The zero-order chi connectivity index (χ0) is 18.2. The average molecular weight is 341 g/mol. The Balaban J connectivity index is 2.20. The van der Waals surface area contributed by atoms with E-state index < -0.39 is 23.9 Å². The SMILES string of the molecule is COC(=O)c1ccccc1NC(=O)[C@H](Cc1ccccc1)NC(N)=O. The molecule has 7 nitrogen and oxygen atoms in total. The summed E-state index contributed by atoms with van der Waals surface area (Å²) in [4.78, 5) is 35.6. The van der Waals surface area contributed by atoms with Crippen LogP contribution >= 0.6 is 0 Å². The normalized spacial score (nSPS) is 11.2. The highest BCUT2D eigenvalue weighted by Crippen LogP contribution is 2.17. The van der Waals surface area contributed by atoms with Crippen LogP contribution in [-0.2, 0) is 16.0 Å². The van der Waals surface area contributed by atoms with E-state index in [0.29, 0.717) is 5.69 Å². The number of nitrogens with one attached hydrogen (secondary N) is 2. The van der Waals surface area contributed by atoms with Crippen molar-refractivity contribution in [1.29, 1.82) is 0 Å². The summed E-state index contributed by atoms with van der Waals surface area (Å²) in [5.41, 5.74) is 6.55. The number of nitrogens with two attached hydrogens (primary N) is 1. The third kappa shape index (κ3) is 5.07. The van der Waals surface area contributed by atoms with Crippen molar-refractivity contribution in [3.63, 3.8) is 0 Å². The minimum atomic E-state index is -0.884. The number of methoxy groups -OCH3 is 1. The van der Waals surface area contributed by atoms with Crippen LogP contribution < -0.4 is 16.4 Å². The van der Waals surface area contributed by atoms with Gasteiger partial charge in [-0.25, -0.2) is 9.59 Å². The summed E-state index contributed by atoms with van der Waals surface area (Å²) in [5, 5.41) is 5.06. The van der Waals surface area contributed by atoms with Crippen LogP contribution in [0, 0.1) is 0 Å². The fraction of sp³-hybridized carbons (Fsp3) is 0.167. The molecule has 1 atom stereocenters. The van der Waals surface area contributed by atoms with Crippen molar-refractivity contribution in [3.8, 4) is 0 Å². The predicted molar refractivity (Wildman–Crippen MR) is 93.1 cm³/mol. The van der Waals surface area contributed by atoms with Gasteiger partial charge < -0.3 is 21.1 Å². The number of hydrogen-bond donors (Lipinski definition) is 3. The molecule has 2 aromatic carbocycles. The van der Waals surface area contributed by atoms with Gasteiger partial charge in [0.15, 0.2) is 0 Å². The fourth-order valence-corrected chi connectivity index (χ4v) is 2.33. The summed E-state index contributed by atoms with van der Waals surface area (Å²) in [6.45, 7) is 0. The number of rotatable bonds is 6. The molecule has 2 aromatic rings. The van der Waals surface area contributed by atoms with E-state index in [2.05, 4.69) is 10.6 Å². The van der Waals surface area contributed by atoms with Gasteiger partial charge in [-0.1, -0.05) is 42.5 Å². The fourth-order valence-electron chi connectivity index (χ4n) is 2.33. The van der Waals surface area contributed by atoms with E-state index in [1.54, 1.807) is 18.2 Å². The van der Waals surface area contributed by atoms with Gasteiger partial charge >= 0.3 is 12.0 Å². The molecule has 0 fully saturated rings. The molecule has 0 unspecified atom stereocenters. The molecule has 0 aromatic heterocycles. The van der Waals surface area contributed by atoms with E-state index in [4.69, 9.17) is 10.5 Å². The highest BCUT2D eigenvalue weighted by molar-refractivity contribution is 6.03. The zero-order valence-corrected chi connectivity index (χ0v) is 13.7. The standard InChI is InChI=1S/C18H19N3O4/c1-25-17(23)13-9-5-6-10-14(13)20-16(22)15(21-18(19)24)11-12-7-3-2-4-8-12/h2-10,15H,11H2,1H3,(H,20,22)(H3,19,21,24)/t15-/m0/s1. The number of carbonyl (C=O) groups excluding carboxylic acids is 3. The van der Waals surface area contributed by atoms with Gasteiger partial charge in [-0.05, 0) is 17.7 Å². The molecule has 0 spiro atoms. The second-order valence-corrected chi connectivity index (χ2v) is 5.28. The number of benzene rings is 2. The lowest BCUT2D eigenvalue weighted by atomic mass is 10.0. The third-order valence-corrected chi connectivity index (χ3v) is 3.51. The van der Waals surface area contributed by atoms with Gasteiger partial charge in [-0.2, -0.15) is 0 Å². The number of carbonyl (C=O) groups is 3. The van der Waals surface area contributed by atoms with Crippen molar-refractivity contribution in [2.75, 3.05) is 12.4 Å². The first-order valence-electron chi connectivity index (χ1n) is 7.59. The Labute approximate surface area is 145 Å². The third-order valence-electron chi connectivity index (χ3n) is 3.51. The van der Waals surface area contributed by atoms with E-state index in [9.17, 15) is 14.4 Å². The van der Waals surface area contributed by atoms with E-state index in [1.807, 2.05) is 30.3 Å². The average Bonchev–Trinajstić information content (AvgIpc) is 2.61. The molecule has 0 heterocycles. The van der Waals surface area contributed by atoms with Gasteiger partial charge in [-0.3, -0.25) is 4.79 Å². The van der Waals surface area contributed by atoms with Gasteiger partial charge in [0, 0.05) is 6.42 Å². The van der Waals surface area contributed by atoms with E-state index >= 15 is 0 Å². The van der Waals surface area contributed by atoms with Gasteiger partial charge in [0.2, 0.25) is 5.91 Å². The van der Waals surface area contributed by atoms with Crippen molar-refractivity contribution >= 4 is 23.6 Å². The molecule has 0 saturated carbocycles. The molecular weight excluding hydrogens is 322 g/mol. The number of para-hydroxylation sites is 1. The van der Waals surface area contributed by atoms with Gasteiger partial charge in [-0.15, -0.1) is 0 Å². The Morgan fingerprint density at radius 1 is 1.04 bits per heavy atom. The number of hydrogen-bond acceptors (Lipinski definition) is 4. The topological polar surface area (TPSA) is 111 Å². The highest BCUT2D eigenvalue weighted by Gasteiger charge is 2.22. The van der Waals surface area contributed by atoms with Crippen LogP contribution in [0.2, 0.25) is 0 Å². The summed E-state index contributed by atoms with van der Waals surface area (Å²) >= 11 is 0. The summed E-state index contributed by atoms with van der Waals surface area (Å²) in [6.07, 6.45) is 0.260. The number of amides is 3. The van der Waals surface area contributed by atoms with Crippen molar-refractivity contribution in [2.24, 2.45) is 5.73 Å². The van der Waals surface area contributed by atoms with Crippen LogP contribution in [0.1, 0.15) is 15.9 Å². The maximum absolute atomic E-state index is 12.6. The minimum absolute atomic E-state index is 0.218. The Morgan fingerprint density at radius 3 is 2.32 bits per heavy atom. The molecule has 130 valence electrons. The molecule has 0 radical (unpaired) electrons. The van der Waals surface area contributed by atoms with Crippen LogP contribution in [0.25, 0.3) is 0 Å². The number of primary amides is 1. The molecule has 4 N–H and O–H groups in total. The second-order valence-electron chi connectivity index (χ2n) is 5.28. The summed E-state index contributed by atoms with van der Waals surface area (Å²) in [7, 11) is 1.26. The quantitative estimate of drug-likeness (QED) is 0.694. The smallest absolute Gasteiger partial charge is 0.339 e. The highest BCUT2D eigenvalue weighted by atomic mass is 16.5. The Kier molecular flexibility index (Phi) is 6.11. The van der Waals surface area contributed by atoms with Gasteiger partial charge in [0.05, 0.1) is 18.4 Å². The molecule has 0 saturated heterocycles. The van der Waals surface area contributed by atoms with Crippen LogP contribution in [0.4, 0.5) is 10.5 Å². The lowest BCUT2D eigenvalue weighted by Gasteiger charge is -2.18. The lowest BCUT2D eigenvalue weighted by molar-refractivity contribution is -0.117. The van der Waals surface area contributed by atoms with Crippen LogP contribution in [0.5, 0.6) is 0 Å². The largest absolute Gasteiger partial charge is 0.465 e. The summed E-state index contributed by atoms with van der Waals surface area (Å²) in [5.74, 6) is -1.06.